The molecule has 1 atom stereocenters. The van der Waals surface area contributed by atoms with Crippen molar-refractivity contribution in [2.75, 3.05) is 13.0 Å². The molecule has 1 N–H and O–H groups in total. The van der Waals surface area contributed by atoms with E-state index in [1.165, 1.54) is 7.11 Å². The van der Waals surface area contributed by atoms with Crippen molar-refractivity contribution in [2.45, 2.75) is 26.4 Å². The Labute approximate surface area is 113 Å². The molecule has 4 heteroatoms. The fraction of sp³-hybridized carbons (Fsp3) is 0.500. The van der Waals surface area contributed by atoms with E-state index in [1.54, 1.807) is 0 Å². The number of alkyl halides is 1. The van der Waals surface area contributed by atoms with Gasteiger partial charge in [0.2, 0.25) is 0 Å². The first kappa shape index (κ1) is 15.0. The Bertz CT molecular complexity index is 379. The van der Waals surface area contributed by atoms with Crippen LogP contribution in [0.3, 0.4) is 0 Å². The molecule has 1 aromatic carbocycles. The van der Waals surface area contributed by atoms with Crippen LogP contribution in [0, 0.1) is 5.41 Å². The Balaban J connectivity index is 2.71. The molecule has 0 bridgehead atoms. The molecule has 1 aromatic rings. The zero-order valence-electron chi connectivity index (χ0n) is 11.1. The summed E-state index contributed by atoms with van der Waals surface area (Å²) in [7, 11) is 1.39. The van der Waals surface area contributed by atoms with Crippen LogP contribution in [0.15, 0.2) is 30.3 Å². The van der Waals surface area contributed by atoms with E-state index in [-0.39, 0.29) is 11.4 Å². The van der Waals surface area contributed by atoms with Gasteiger partial charge < -0.3 is 4.74 Å². The van der Waals surface area contributed by atoms with Gasteiger partial charge in [-0.25, -0.2) is 0 Å². The fourth-order valence-corrected chi connectivity index (χ4v) is 1.84. The van der Waals surface area contributed by atoms with Crippen LogP contribution < -0.4 is 5.32 Å². The Morgan fingerprint density at radius 3 is 2.50 bits per heavy atom. The van der Waals surface area contributed by atoms with E-state index < -0.39 is 6.04 Å². The van der Waals surface area contributed by atoms with Crippen molar-refractivity contribution in [3.8, 4) is 0 Å². The number of halogens is 1. The molecule has 0 aliphatic rings. The lowest BCUT2D eigenvalue weighted by molar-refractivity contribution is -0.146. The highest BCUT2D eigenvalue weighted by Gasteiger charge is 2.35. The van der Waals surface area contributed by atoms with Crippen LogP contribution in [0.1, 0.15) is 19.4 Å². The van der Waals surface area contributed by atoms with Gasteiger partial charge in [0.1, 0.15) is 6.04 Å². The van der Waals surface area contributed by atoms with Crippen LogP contribution >= 0.6 is 11.6 Å². The van der Waals surface area contributed by atoms with Gasteiger partial charge in [-0.05, 0) is 5.56 Å². The average Bonchev–Trinajstić information content (AvgIpc) is 2.39. The lowest BCUT2D eigenvalue weighted by Crippen LogP contribution is -2.49. The van der Waals surface area contributed by atoms with Gasteiger partial charge in [0.25, 0.3) is 0 Å². The molecule has 0 radical (unpaired) electrons. The fourth-order valence-electron chi connectivity index (χ4n) is 1.69. The minimum Gasteiger partial charge on any atom is -0.468 e. The maximum absolute atomic E-state index is 11.8. The molecule has 0 spiro atoms. The van der Waals surface area contributed by atoms with Crippen molar-refractivity contribution < 1.29 is 9.53 Å². The van der Waals surface area contributed by atoms with E-state index in [1.807, 2.05) is 44.2 Å². The van der Waals surface area contributed by atoms with Gasteiger partial charge in [0.05, 0.1) is 7.11 Å². The molecule has 0 aromatic heterocycles. The first-order valence-electron chi connectivity index (χ1n) is 5.92. The number of hydrogen-bond acceptors (Lipinski definition) is 3. The third kappa shape index (κ3) is 4.00. The van der Waals surface area contributed by atoms with Gasteiger partial charge in [0, 0.05) is 17.8 Å². The molecular weight excluding hydrogens is 250 g/mol. The number of ether oxygens (including phenoxy) is 1. The molecular formula is C14H20ClNO2. The number of rotatable bonds is 6. The van der Waals surface area contributed by atoms with Crippen molar-refractivity contribution in [2.24, 2.45) is 5.41 Å². The Morgan fingerprint density at radius 2 is 2.00 bits per heavy atom. The summed E-state index contributed by atoms with van der Waals surface area (Å²) in [5.74, 6) is 0.103. The van der Waals surface area contributed by atoms with Crippen LogP contribution in [-0.4, -0.2) is 25.0 Å². The van der Waals surface area contributed by atoms with Crippen molar-refractivity contribution in [1.29, 1.82) is 0 Å². The Kier molecular flexibility index (Phi) is 5.63. The average molecular weight is 270 g/mol. The van der Waals surface area contributed by atoms with Crippen LogP contribution in [0.5, 0.6) is 0 Å². The maximum Gasteiger partial charge on any atom is 0.323 e. The summed E-state index contributed by atoms with van der Waals surface area (Å²) >= 11 is 5.92. The molecule has 0 aliphatic carbocycles. The van der Waals surface area contributed by atoms with Gasteiger partial charge in [-0.2, -0.15) is 0 Å². The minimum absolute atomic E-state index is 0.281. The van der Waals surface area contributed by atoms with Crippen LogP contribution in [0.4, 0.5) is 0 Å². The molecule has 0 aliphatic heterocycles. The number of carbonyl (C=O) groups is 1. The summed E-state index contributed by atoms with van der Waals surface area (Å²) in [5.41, 5.74) is 0.764. The zero-order valence-corrected chi connectivity index (χ0v) is 11.8. The zero-order chi connectivity index (χ0) is 13.6. The molecule has 3 nitrogen and oxygen atoms in total. The second-order valence-electron chi connectivity index (χ2n) is 4.94. The maximum atomic E-state index is 11.8. The van der Waals surface area contributed by atoms with Crippen LogP contribution in [-0.2, 0) is 16.1 Å². The molecule has 100 valence electrons. The smallest absolute Gasteiger partial charge is 0.323 e. The lowest BCUT2D eigenvalue weighted by atomic mass is 9.86. The predicted octanol–water partition coefficient (Wildman–Crippen LogP) is 2.58. The Morgan fingerprint density at radius 1 is 1.39 bits per heavy atom. The van der Waals surface area contributed by atoms with E-state index in [9.17, 15) is 4.79 Å². The van der Waals surface area contributed by atoms with Gasteiger partial charge in [-0.15, -0.1) is 11.6 Å². The molecule has 0 saturated heterocycles. The first-order chi connectivity index (χ1) is 8.51. The molecule has 0 saturated carbocycles. The molecule has 0 fully saturated rings. The van der Waals surface area contributed by atoms with Crippen molar-refractivity contribution in [1.82, 2.24) is 5.32 Å². The molecule has 1 unspecified atom stereocenters. The van der Waals surface area contributed by atoms with Gasteiger partial charge in [-0.1, -0.05) is 44.2 Å². The summed E-state index contributed by atoms with van der Waals surface area (Å²) in [6, 6.07) is 9.50. The summed E-state index contributed by atoms with van der Waals surface area (Å²) in [5, 5.41) is 3.22. The van der Waals surface area contributed by atoms with Crippen molar-refractivity contribution >= 4 is 17.6 Å². The van der Waals surface area contributed by atoms with E-state index in [0.29, 0.717) is 12.4 Å². The van der Waals surface area contributed by atoms with Gasteiger partial charge in [-0.3, -0.25) is 10.1 Å². The van der Waals surface area contributed by atoms with Gasteiger partial charge in [0.15, 0.2) is 0 Å². The minimum atomic E-state index is -0.416. The molecule has 0 amide bonds. The molecule has 1 rings (SSSR count). The van der Waals surface area contributed by atoms with E-state index >= 15 is 0 Å². The summed E-state index contributed by atoms with van der Waals surface area (Å²) in [4.78, 5) is 11.8. The monoisotopic (exact) mass is 269 g/mol. The van der Waals surface area contributed by atoms with E-state index in [4.69, 9.17) is 16.3 Å². The Hall–Kier alpha value is -1.06. The van der Waals surface area contributed by atoms with Crippen molar-refractivity contribution in [3.05, 3.63) is 35.9 Å². The topological polar surface area (TPSA) is 38.3 Å². The summed E-state index contributed by atoms with van der Waals surface area (Å²) < 4.78 is 4.83. The van der Waals surface area contributed by atoms with Gasteiger partial charge >= 0.3 is 5.97 Å². The number of nitrogens with one attached hydrogen (secondary N) is 1. The number of hydrogen-bond donors (Lipinski definition) is 1. The highest BCUT2D eigenvalue weighted by atomic mass is 35.5. The normalized spacial score (nSPS) is 13.1. The highest BCUT2D eigenvalue weighted by Crippen LogP contribution is 2.23. The third-order valence-electron chi connectivity index (χ3n) is 2.92. The number of methoxy groups -OCH3 is 1. The standard InChI is InChI=1S/C14H20ClNO2/c1-14(2,10-15)12(13(17)18-3)16-9-11-7-5-4-6-8-11/h4-8,12,16H,9-10H2,1-3H3. The van der Waals surface area contributed by atoms with E-state index in [2.05, 4.69) is 5.32 Å². The lowest BCUT2D eigenvalue weighted by Gasteiger charge is -2.31. The number of esters is 1. The third-order valence-corrected chi connectivity index (χ3v) is 3.60. The largest absolute Gasteiger partial charge is 0.468 e. The second kappa shape index (κ2) is 6.76. The van der Waals surface area contributed by atoms with Crippen LogP contribution in [0.25, 0.3) is 0 Å². The predicted molar refractivity (Wildman–Crippen MR) is 73.6 cm³/mol. The highest BCUT2D eigenvalue weighted by molar-refractivity contribution is 6.18. The molecule has 0 heterocycles. The van der Waals surface area contributed by atoms with E-state index in [0.717, 1.165) is 5.56 Å². The molecule has 18 heavy (non-hydrogen) atoms. The summed E-state index contributed by atoms with van der Waals surface area (Å²) in [6.45, 7) is 4.50. The quantitative estimate of drug-likeness (QED) is 0.637. The first-order valence-corrected chi connectivity index (χ1v) is 6.46. The second-order valence-corrected chi connectivity index (χ2v) is 5.21. The SMILES string of the molecule is COC(=O)C(NCc1ccccc1)C(C)(C)CCl. The van der Waals surface area contributed by atoms with Crippen LogP contribution in [0.2, 0.25) is 0 Å². The summed E-state index contributed by atoms with van der Waals surface area (Å²) in [6.07, 6.45) is 0. The number of benzene rings is 1. The van der Waals surface area contributed by atoms with Crippen molar-refractivity contribution in [3.63, 3.8) is 0 Å². The number of carbonyl (C=O) groups excluding carboxylic acids is 1.